The number of pyridine rings is 1. The van der Waals surface area contributed by atoms with E-state index >= 15 is 0 Å². The maximum Gasteiger partial charge on any atom is 0.251 e. The predicted octanol–water partition coefficient (Wildman–Crippen LogP) is 2.83. The molecule has 4 nitrogen and oxygen atoms in total. The van der Waals surface area contributed by atoms with Crippen molar-refractivity contribution < 1.29 is 4.79 Å². The van der Waals surface area contributed by atoms with E-state index < -0.39 is 0 Å². The van der Waals surface area contributed by atoms with Crippen LogP contribution in [-0.2, 0) is 5.41 Å². The molecule has 0 aliphatic carbocycles. The lowest BCUT2D eigenvalue weighted by molar-refractivity contribution is 0.0950. The molecule has 1 aromatic heterocycles. The molecule has 20 heavy (non-hydrogen) atoms. The van der Waals surface area contributed by atoms with E-state index in [1.54, 1.807) is 17.8 Å². The van der Waals surface area contributed by atoms with Gasteiger partial charge in [-0.1, -0.05) is 20.8 Å². The van der Waals surface area contributed by atoms with Gasteiger partial charge in [0, 0.05) is 28.0 Å². The lowest BCUT2D eigenvalue weighted by Crippen LogP contribution is -2.36. The van der Waals surface area contributed by atoms with Crippen molar-refractivity contribution >= 4 is 23.5 Å². The van der Waals surface area contributed by atoms with Gasteiger partial charge in [0.1, 0.15) is 5.82 Å². The summed E-state index contributed by atoms with van der Waals surface area (Å²) in [5.41, 5.74) is 7.07. The van der Waals surface area contributed by atoms with E-state index in [1.807, 2.05) is 33.1 Å². The molecule has 3 N–H and O–H groups in total. The third kappa shape index (κ3) is 4.71. The molecule has 0 unspecified atom stereocenters. The Bertz CT molecular complexity index is 492. The predicted molar refractivity (Wildman–Crippen MR) is 87.3 cm³/mol. The molecule has 0 aromatic carbocycles. The summed E-state index contributed by atoms with van der Waals surface area (Å²) >= 11 is 1.72. The second-order valence-corrected chi connectivity index (χ2v) is 8.08. The number of nitrogens with zero attached hydrogens (tertiary/aromatic N) is 1. The number of hydrogen-bond donors (Lipinski definition) is 2. The Morgan fingerprint density at radius 2 is 1.90 bits per heavy atom. The number of carbonyl (C=O) groups is 1. The van der Waals surface area contributed by atoms with Gasteiger partial charge < -0.3 is 11.1 Å². The largest absolute Gasteiger partial charge is 0.384 e. The molecule has 1 rings (SSSR count). The fourth-order valence-corrected chi connectivity index (χ4v) is 1.75. The molecule has 0 spiro atoms. The van der Waals surface area contributed by atoms with Crippen molar-refractivity contribution in [3.8, 4) is 0 Å². The molecular formula is C15H25N3OS. The summed E-state index contributed by atoms with van der Waals surface area (Å²) < 4.78 is 0.0150. The van der Waals surface area contributed by atoms with Gasteiger partial charge in [0.25, 0.3) is 5.91 Å². The average molecular weight is 295 g/mol. The van der Waals surface area contributed by atoms with Gasteiger partial charge in [0.05, 0.1) is 0 Å². The van der Waals surface area contributed by atoms with Gasteiger partial charge in [-0.15, -0.1) is 0 Å². The van der Waals surface area contributed by atoms with Crippen molar-refractivity contribution in [1.82, 2.24) is 10.3 Å². The molecule has 1 amide bonds. The summed E-state index contributed by atoms with van der Waals surface area (Å²) in [6.45, 7) is 11.0. The van der Waals surface area contributed by atoms with Gasteiger partial charge in [0.2, 0.25) is 0 Å². The van der Waals surface area contributed by atoms with Gasteiger partial charge in [-0.2, -0.15) is 11.8 Å². The van der Waals surface area contributed by atoms with E-state index in [0.29, 0.717) is 17.9 Å². The van der Waals surface area contributed by atoms with Crippen LogP contribution in [0.1, 0.15) is 50.7 Å². The quantitative estimate of drug-likeness (QED) is 0.896. The van der Waals surface area contributed by atoms with Gasteiger partial charge in [-0.05, 0) is 32.2 Å². The van der Waals surface area contributed by atoms with Crippen molar-refractivity contribution in [3.63, 3.8) is 0 Å². The number of amides is 1. The van der Waals surface area contributed by atoms with Crippen molar-refractivity contribution in [2.45, 2.75) is 44.8 Å². The molecular weight excluding hydrogens is 270 g/mol. The smallest absolute Gasteiger partial charge is 0.251 e. The Labute approximate surface area is 125 Å². The first-order chi connectivity index (χ1) is 9.05. The van der Waals surface area contributed by atoms with E-state index in [9.17, 15) is 4.79 Å². The van der Waals surface area contributed by atoms with Crippen LogP contribution in [0.15, 0.2) is 12.1 Å². The van der Waals surface area contributed by atoms with Crippen molar-refractivity contribution in [1.29, 1.82) is 0 Å². The highest BCUT2D eigenvalue weighted by atomic mass is 32.2. The molecule has 0 fully saturated rings. The number of nitrogen functional groups attached to an aromatic ring is 1. The van der Waals surface area contributed by atoms with Crippen LogP contribution in [0.5, 0.6) is 0 Å². The molecule has 0 saturated carbocycles. The number of aromatic nitrogens is 1. The third-order valence-electron chi connectivity index (χ3n) is 3.10. The summed E-state index contributed by atoms with van der Waals surface area (Å²) in [6, 6.07) is 3.44. The second kappa shape index (κ2) is 6.04. The van der Waals surface area contributed by atoms with Crippen LogP contribution in [0.4, 0.5) is 5.82 Å². The zero-order valence-corrected chi connectivity index (χ0v) is 14.0. The van der Waals surface area contributed by atoms with Crippen molar-refractivity contribution in [3.05, 3.63) is 23.4 Å². The zero-order chi connectivity index (χ0) is 15.6. The molecule has 1 aromatic rings. The summed E-state index contributed by atoms with van der Waals surface area (Å²) in [5.74, 6) is 0.276. The van der Waals surface area contributed by atoms with Crippen molar-refractivity contribution in [2.75, 3.05) is 18.5 Å². The Kier molecular flexibility index (Phi) is 5.08. The SMILES string of the molecule is CSC(C)(C)CNC(=O)c1cc(N)nc(C(C)(C)C)c1. The van der Waals surface area contributed by atoms with Crippen LogP contribution in [-0.4, -0.2) is 28.4 Å². The highest BCUT2D eigenvalue weighted by Gasteiger charge is 2.21. The Hall–Kier alpha value is -1.23. The number of anilines is 1. The minimum atomic E-state index is -0.136. The maximum absolute atomic E-state index is 12.2. The summed E-state index contributed by atoms with van der Waals surface area (Å²) in [4.78, 5) is 16.5. The first kappa shape index (κ1) is 16.8. The molecule has 0 radical (unpaired) electrons. The van der Waals surface area contributed by atoms with E-state index in [2.05, 4.69) is 24.1 Å². The molecule has 0 atom stereocenters. The first-order valence-corrected chi connectivity index (χ1v) is 7.89. The third-order valence-corrected chi connectivity index (χ3v) is 4.35. The average Bonchev–Trinajstić information content (AvgIpc) is 2.34. The van der Waals surface area contributed by atoms with Crippen LogP contribution in [0.25, 0.3) is 0 Å². The van der Waals surface area contributed by atoms with E-state index in [4.69, 9.17) is 5.73 Å². The standard InChI is InChI=1S/C15H25N3OS/c1-14(2,3)11-7-10(8-12(16)18-11)13(19)17-9-15(4,5)20-6/h7-8H,9H2,1-6H3,(H2,16,18)(H,17,19). The zero-order valence-electron chi connectivity index (χ0n) is 13.2. The Balaban J connectivity index is 2.91. The molecule has 0 aliphatic rings. The van der Waals surface area contributed by atoms with Crippen LogP contribution in [0.2, 0.25) is 0 Å². The van der Waals surface area contributed by atoms with Gasteiger partial charge in [-0.25, -0.2) is 4.98 Å². The molecule has 1 heterocycles. The van der Waals surface area contributed by atoms with E-state index in [0.717, 1.165) is 5.69 Å². The first-order valence-electron chi connectivity index (χ1n) is 6.66. The molecule has 0 saturated heterocycles. The normalized spacial score (nSPS) is 12.3. The number of thioether (sulfide) groups is 1. The topological polar surface area (TPSA) is 68.0 Å². The van der Waals surface area contributed by atoms with Crippen molar-refractivity contribution in [2.24, 2.45) is 0 Å². The maximum atomic E-state index is 12.2. The lowest BCUT2D eigenvalue weighted by atomic mass is 9.90. The van der Waals surface area contributed by atoms with Gasteiger partial charge in [0.15, 0.2) is 0 Å². The van der Waals surface area contributed by atoms with Crippen LogP contribution >= 0.6 is 11.8 Å². The van der Waals surface area contributed by atoms with Crippen LogP contribution < -0.4 is 11.1 Å². The highest BCUT2D eigenvalue weighted by molar-refractivity contribution is 7.99. The summed E-state index contributed by atoms with van der Waals surface area (Å²) in [7, 11) is 0. The fraction of sp³-hybridized carbons (Fsp3) is 0.600. The van der Waals surface area contributed by atoms with Crippen LogP contribution in [0, 0.1) is 0 Å². The summed E-state index contributed by atoms with van der Waals surface area (Å²) in [5, 5.41) is 2.95. The van der Waals surface area contributed by atoms with E-state index in [-0.39, 0.29) is 16.1 Å². The highest BCUT2D eigenvalue weighted by Crippen LogP contribution is 2.23. The fourth-order valence-electron chi connectivity index (χ4n) is 1.53. The molecule has 5 heteroatoms. The number of rotatable bonds is 4. The number of nitrogens with two attached hydrogens (primary N) is 1. The van der Waals surface area contributed by atoms with Crippen LogP contribution in [0.3, 0.4) is 0 Å². The molecule has 0 aliphatic heterocycles. The minimum Gasteiger partial charge on any atom is -0.384 e. The molecule has 112 valence electrons. The van der Waals surface area contributed by atoms with Gasteiger partial charge in [-0.3, -0.25) is 4.79 Å². The summed E-state index contributed by atoms with van der Waals surface area (Å²) in [6.07, 6.45) is 2.04. The Morgan fingerprint density at radius 3 is 2.40 bits per heavy atom. The lowest BCUT2D eigenvalue weighted by Gasteiger charge is -2.23. The second-order valence-electron chi connectivity index (χ2n) is 6.56. The Morgan fingerprint density at radius 1 is 1.30 bits per heavy atom. The number of carbonyl (C=O) groups excluding carboxylic acids is 1. The number of hydrogen-bond acceptors (Lipinski definition) is 4. The molecule has 0 bridgehead atoms. The van der Waals surface area contributed by atoms with Gasteiger partial charge >= 0.3 is 0 Å². The minimum absolute atomic E-state index is 0.0150. The monoisotopic (exact) mass is 295 g/mol. The number of nitrogens with one attached hydrogen (secondary N) is 1. The van der Waals surface area contributed by atoms with E-state index in [1.165, 1.54) is 0 Å².